The van der Waals surface area contributed by atoms with Gasteiger partial charge >= 0.3 is 0 Å². The van der Waals surface area contributed by atoms with Gasteiger partial charge in [0.25, 0.3) is 0 Å². The van der Waals surface area contributed by atoms with E-state index in [-0.39, 0.29) is 0 Å². The van der Waals surface area contributed by atoms with E-state index in [0.717, 1.165) is 5.92 Å². The van der Waals surface area contributed by atoms with Crippen LogP contribution in [0, 0.1) is 5.92 Å². The minimum absolute atomic E-state index is 0.750. The van der Waals surface area contributed by atoms with Gasteiger partial charge in [0.2, 0.25) is 0 Å². The van der Waals surface area contributed by atoms with Crippen LogP contribution >= 0.6 is 0 Å². The highest BCUT2D eigenvalue weighted by molar-refractivity contribution is 4.75. The first-order chi connectivity index (χ1) is 3.35. The molecule has 0 atom stereocenters. The molecule has 0 heterocycles. The summed E-state index contributed by atoms with van der Waals surface area (Å²) in [6, 6.07) is 0. The van der Waals surface area contributed by atoms with Crippen molar-refractivity contribution in [2.75, 3.05) is 0 Å². The van der Waals surface area contributed by atoms with Gasteiger partial charge in [-0.3, -0.25) is 0 Å². The van der Waals surface area contributed by atoms with Gasteiger partial charge in [0.15, 0.2) is 0 Å². The second-order valence-electron chi connectivity index (χ2n) is 1.81. The van der Waals surface area contributed by atoms with Gasteiger partial charge in [-0.15, -0.1) is 6.58 Å². The van der Waals surface area contributed by atoms with Crippen LogP contribution in [0.15, 0.2) is 12.7 Å². The van der Waals surface area contributed by atoms with Crippen LogP contribution in [-0.2, 0) is 0 Å². The Bertz CT molecular complexity index is 42.0. The maximum Gasteiger partial charge on any atom is -0.0241 e. The molecule has 42 valence electrons. The summed E-state index contributed by atoms with van der Waals surface area (Å²) in [5, 5.41) is 0. The van der Waals surface area contributed by atoms with E-state index in [4.69, 9.17) is 0 Å². The Labute approximate surface area is 46.2 Å². The molecule has 0 saturated carbocycles. The topological polar surface area (TPSA) is 0 Å². The third-order valence-corrected chi connectivity index (χ3v) is 1.38. The smallest absolute Gasteiger partial charge is 0.0241 e. The standard InChI is InChI=1S/C7H14/c1-4-7(5-2)6-3/h4,7H,1,5-6H2,2-3H3. The minimum Gasteiger partial charge on any atom is -0.103 e. The van der Waals surface area contributed by atoms with Gasteiger partial charge < -0.3 is 0 Å². The molecule has 0 fully saturated rings. The Kier molecular flexibility index (Phi) is 3.77. The monoisotopic (exact) mass is 98.1 g/mol. The van der Waals surface area contributed by atoms with E-state index in [0.29, 0.717) is 0 Å². The molecular formula is C7H14. The van der Waals surface area contributed by atoms with Crippen molar-refractivity contribution in [1.82, 2.24) is 0 Å². The summed E-state index contributed by atoms with van der Waals surface area (Å²) in [7, 11) is 0. The van der Waals surface area contributed by atoms with Crippen molar-refractivity contribution in [3.8, 4) is 0 Å². The molecule has 0 aliphatic rings. The van der Waals surface area contributed by atoms with E-state index < -0.39 is 0 Å². The molecule has 0 aliphatic heterocycles. The lowest BCUT2D eigenvalue weighted by molar-refractivity contribution is 0.607. The van der Waals surface area contributed by atoms with Crippen LogP contribution in [0.4, 0.5) is 0 Å². The van der Waals surface area contributed by atoms with Crippen LogP contribution in [0.25, 0.3) is 0 Å². The first-order valence-electron chi connectivity index (χ1n) is 2.97. The lowest BCUT2D eigenvalue weighted by Crippen LogP contribution is -1.87. The molecule has 0 aromatic carbocycles. The molecule has 0 heteroatoms. The zero-order chi connectivity index (χ0) is 5.70. The fraction of sp³-hybridized carbons (Fsp3) is 0.714. The highest BCUT2D eigenvalue weighted by atomic mass is 14.0. The summed E-state index contributed by atoms with van der Waals surface area (Å²) in [4.78, 5) is 0. The van der Waals surface area contributed by atoms with E-state index in [2.05, 4.69) is 20.4 Å². The molecule has 0 rings (SSSR count). The Hall–Kier alpha value is -0.260. The highest BCUT2D eigenvalue weighted by Gasteiger charge is 1.92. The van der Waals surface area contributed by atoms with Crippen LogP contribution < -0.4 is 0 Å². The lowest BCUT2D eigenvalue weighted by atomic mass is 10.0. The zero-order valence-electron chi connectivity index (χ0n) is 5.28. The number of allylic oxidation sites excluding steroid dienone is 1. The third kappa shape index (κ3) is 2.44. The van der Waals surface area contributed by atoms with Gasteiger partial charge in [0, 0.05) is 0 Å². The van der Waals surface area contributed by atoms with Crippen LogP contribution in [0.3, 0.4) is 0 Å². The summed E-state index contributed by atoms with van der Waals surface area (Å²) in [5.74, 6) is 0.750. The van der Waals surface area contributed by atoms with Crippen LogP contribution in [0.5, 0.6) is 0 Å². The van der Waals surface area contributed by atoms with Gasteiger partial charge in [-0.2, -0.15) is 0 Å². The number of hydrogen-bond acceptors (Lipinski definition) is 0. The molecule has 0 N–H and O–H groups in total. The summed E-state index contributed by atoms with van der Waals surface area (Å²) in [6.45, 7) is 8.08. The van der Waals surface area contributed by atoms with Gasteiger partial charge in [-0.25, -0.2) is 0 Å². The maximum atomic E-state index is 3.70. The molecular weight excluding hydrogens is 84.1 g/mol. The molecule has 0 unspecified atom stereocenters. The zero-order valence-corrected chi connectivity index (χ0v) is 5.28. The predicted molar refractivity (Wildman–Crippen MR) is 34.3 cm³/mol. The second-order valence-corrected chi connectivity index (χ2v) is 1.81. The molecule has 0 nitrogen and oxygen atoms in total. The van der Waals surface area contributed by atoms with Crippen LogP contribution in [0.1, 0.15) is 26.7 Å². The Balaban J connectivity index is 3.16. The lowest BCUT2D eigenvalue weighted by Gasteiger charge is -2.01. The fourth-order valence-electron chi connectivity index (χ4n) is 0.622. The average molecular weight is 98.2 g/mol. The molecule has 0 aliphatic carbocycles. The Morgan fingerprint density at radius 2 is 1.86 bits per heavy atom. The van der Waals surface area contributed by atoms with Gasteiger partial charge in [0.05, 0.1) is 0 Å². The third-order valence-electron chi connectivity index (χ3n) is 1.38. The quantitative estimate of drug-likeness (QED) is 0.476. The summed E-state index contributed by atoms with van der Waals surface area (Å²) < 4.78 is 0. The molecule has 0 amide bonds. The Morgan fingerprint density at radius 1 is 1.43 bits per heavy atom. The fourth-order valence-corrected chi connectivity index (χ4v) is 0.622. The average Bonchev–Trinajstić information content (AvgIpc) is 1.72. The summed E-state index contributed by atoms with van der Waals surface area (Å²) in [5.41, 5.74) is 0. The van der Waals surface area contributed by atoms with Crippen molar-refractivity contribution in [3.05, 3.63) is 12.7 Å². The first kappa shape index (κ1) is 6.74. The van der Waals surface area contributed by atoms with Gasteiger partial charge in [-0.05, 0) is 18.8 Å². The molecule has 0 spiro atoms. The molecule has 0 bridgehead atoms. The normalized spacial score (nSPS) is 9.57. The Morgan fingerprint density at radius 3 is 1.86 bits per heavy atom. The van der Waals surface area contributed by atoms with Crippen molar-refractivity contribution >= 4 is 0 Å². The molecule has 7 heavy (non-hydrogen) atoms. The molecule has 0 radical (unpaired) electrons. The van der Waals surface area contributed by atoms with Gasteiger partial charge in [-0.1, -0.05) is 19.9 Å². The summed E-state index contributed by atoms with van der Waals surface area (Å²) in [6.07, 6.45) is 4.50. The van der Waals surface area contributed by atoms with Crippen molar-refractivity contribution in [2.45, 2.75) is 26.7 Å². The molecule has 0 aromatic rings. The van der Waals surface area contributed by atoms with E-state index in [1.54, 1.807) is 0 Å². The number of hydrogen-bond donors (Lipinski definition) is 0. The van der Waals surface area contributed by atoms with E-state index in [1.165, 1.54) is 12.8 Å². The van der Waals surface area contributed by atoms with Crippen LogP contribution in [0.2, 0.25) is 0 Å². The van der Waals surface area contributed by atoms with Crippen molar-refractivity contribution in [3.63, 3.8) is 0 Å². The van der Waals surface area contributed by atoms with Crippen LogP contribution in [-0.4, -0.2) is 0 Å². The van der Waals surface area contributed by atoms with E-state index >= 15 is 0 Å². The first-order valence-corrected chi connectivity index (χ1v) is 2.97. The van der Waals surface area contributed by atoms with Crippen molar-refractivity contribution in [2.24, 2.45) is 5.92 Å². The second kappa shape index (κ2) is 3.91. The maximum absolute atomic E-state index is 3.70. The predicted octanol–water partition coefficient (Wildman–Crippen LogP) is 2.61. The summed E-state index contributed by atoms with van der Waals surface area (Å²) >= 11 is 0. The van der Waals surface area contributed by atoms with E-state index in [9.17, 15) is 0 Å². The minimum atomic E-state index is 0.750. The largest absolute Gasteiger partial charge is 0.103 e. The van der Waals surface area contributed by atoms with Gasteiger partial charge in [0.1, 0.15) is 0 Å². The molecule has 0 saturated heterocycles. The SMILES string of the molecule is C=CC(CC)CC. The van der Waals surface area contributed by atoms with E-state index in [1.807, 2.05) is 6.08 Å². The van der Waals surface area contributed by atoms with Crippen molar-refractivity contribution in [1.29, 1.82) is 0 Å². The number of rotatable bonds is 3. The van der Waals surface area contributed by atoms with Crippen molar-refractivity contribution < 1.29 is 0 Å². The highest BCUT2D eigenvalue weighted by Crippen LogP contribution is 2.06. The molecule has 0 aromatic heterocycles.